The average Bonchev–Trinajstić information content (AvgIpc) is 2.45. The van der Waals surface area contributed by atoms with Crippen LogP contribution in [0.1, 0.15) is 38.4 Å². The molecule has 0 spiro atoms. The number of hydrogen-bond acceptors (Lipinski definition) is 5. The number of ether oxygens (including phenoxy) is 2. The van der Waals surface area contributed by atoms with Gasteiger partial charge in [0.2, 0.25) is 5.88 Å². The highest BCUT2D eigenvalue weighted by molar-refractivity contribution is 5.24. The number of nitrogens with one attached hydrogen (secondary N) is 1. The topological polar surface area (TPSA) is 56.3 Å². The van der Waals surface area contributed by atoms with Gasteiger partial charge in [-0.3, -0.25) is 4.98 Å². The van der Waals surface area contributed by atoms with Crippen LogP contribution in [0.5, 0.6) is 5.88 Å². The Kier molecular flexibility index (Phi) is 5.50. The van der Waals surface area contributed by atoms with Crippen molar-refractivity contribution >= 4 is 0 Å². The normalized spacial score (nSPS) is 13.4. The Morgan fingerprint density at radius 2 is 1.83 bits per heavy atom. The van der Waals surface area contributed by atoms with Gasteiger partial charge in [0.25, 0.3) is 0 Å². The summed E-state index contributed by atoms with van der Waals surface area (Å²) in [5.74, 6) is 0.542. The molecule has 1 N–H and O–H groups in total. The van der Waals surface area contributed by atoms with Crippen molar-refractivity contribution in [3.05, 3.63) is 18.1 Å². The fraction of sp³-hybridized carbons (Fsp3) is 0.692. The molecule has 0 fully saturated rings. The highest BCUT2D eigenvalue weighted by Gasteiger charge is 2.38. The molecule has 0 aliphatic heterocycles. The summed E-state index contributed by atoms with van der Waals surface area (Å²) in [6.07, 6.45) is 5.06. The summed E-state index contributed by atoms with van der Waals surface area (Å²) < 4.78 is 11.0. The summed E-state index contributed by atoms with van der Waals surface area (Å²) in [5.41, 5.74) is 0.478. The van der Waals surface area contributed by atoms with E-state index >= 15 is 0 Å². The second-order valence-corrected chi connectivity index (χ2v) is 4.15. The third kappa shape index (κ3) is 2.62. The van der Waals surface area contributed by atoms with Gasteiger partial charge in [-0.05, 0) is 19.9 Å². The van der Waals surface area contributed by atoms with Crippen molar-refractivity contribution in [3.63, 3.8) is 0 Å². The third-order valence-corrected chi connectivity index (χ3v) is 3.58. The predicted octanol–water partition coefficient (Wildman–Crippen LogP) is 1.95. The first-order valence-corrected chi connectivity index (χ1v) is 6.26. The smallest absolute Gasteiger partial charge is 0.237 e. The molecule has 1 unspecified atom stereocenters. The Labute approximate surface area is 109 Å². The van der Waals surface area contributed by atoms with Crippen LogP contribution in [0.4, 0.5) is 0 Å². The summed E-state index contributed by atoms with van der Waals surface area (Å²) >= 11 is 0. The average molecular weight is 253 g/mol. The Morgan fingerprint density at radius 1 is 1.22 bits per heavy atom. The molecule has 0 aromatic carbocycles. The number of rotatable bonds is 7. The first kappa shape index (κ1) is 14.9. The highest BCUT2D eigenvalue weighted by Crippen LogP contribution is 2.36. The van der Waals surface area contributed by atoms with Gasteiger partial charge in [-0.1, -0.05) is 13.8 Å². The van der Waals surface area contributed by atoms with E-state index in [-0.39, 0.29) is 11.6 Å². The van der Waals surface area contributed by atoms with Gasteiger partial charge in [0.15, 0.2) is 0 Å². The molecule has 0 saturated heterocycles. The van der Waals surface area contributed by atoms with Gasteiger partial charge < -0.3 is 14.8 Å². The zero-order valence-corrected chi connectivity index (χ0v) is 11.9. The van der Waals surface area contributed by atoms with E-state index in [1.807, 2.05) is 7.05 Å². The Morgan fingerprint density at radius 3 is 2.28 bits per heavy atom. The zero-order chi connectivity index (χ0) is 13.6. The summed E-state index contributed by atoms with van der Waals surface area (Å²) in [6.45, 7) is 4.22. The molecular weight excluding hydrogens is 230 g/mol. The minimum atomic E-state index is -0.307. The van der Waals surface area contributed by atoms with Crippen LogP contribution < -0.4 is 10.1 Å². The van der Waals surface area contributed by atoms with Crippen molar-refractivity contribution in [2.24, 2.45) is 0 Å². The predicted molar refractivity (Wildman–Crippen MR) is 70.7 cm³/mol. The lowest BCUT2D eigenvalue weighted by atomic mass is 9.86. The second kappa shape index (κ2) is 6.66. The standard InChI is InChI=1S/C13H23N3O2/c1-6-13(7-2,18-5)11(14-3)10-12(17-4)16-9-8-15-10/h8-9,11,14H,6-7H2,1-5H3. The SMILES string of the molecule is CCC(CC)(OC)C(NC)c1nccnc1OC. The number of hydrogen-bond donors (Lipinski definition) is 1. The van der Waals surface area contributed by atoms with Crippen LogP contribution in [-0.4, -0.2) is 36.8 Å². The van der Waals surface area contributed by atoms with Crippen LogP contribution in [0.15, 0.2) is 12.4 Å². The van der Waals surface area contributed by atoms with Crippen LogP contribution >= 0.6 is 0 Å². The van der Waals surface area contributed by atoms with E-state index in [9.17, 15) is 0 Å². The minimum Gasteiger partial charge on any atom is -0.480 e. The van der Waals surface area contributed by atoms with Crippen molar-refractivity contribution in [1.29, 1.82) is 0 Å². The molecule has 0 aliphatic carbocycles. The van der Waals surface area contributed by atoms with Gasteiger partial charge in [0.05, 0.1) is 18.8 Å². The Hall–Kier alpha value is -1.20. The van der Waals surface area contributed by atoms with Crippen LogP contribution in [0, 0.1) is 0 Å². The fourth-order valence-electron chi connectivity index (χ4n) is 2.41. The van der Waals surface area contributed by atoms with E-state index < -0.39 is 0 Å². The van der Waals surface area contributed by atoms with Crippen molar-refractivity contribution in [1.82, 2.24) is 15.3 Å². The first-order chi connectivity index (χ1) is 8.68. The van der Waals surface area contributed by atoms with E-state index in [1.54, 1.807) is 26.6 Å². The molecule has 18 heavy (non-hydrogen) atoms. The molecule has 0 bridgehead atoms. The van der Waals surface area contributed by atoms with Gasteiger partial charge in [-0.25, -0.2) is 4.98 Å². The summed E-state index contributed by atoms with van der Waals surface area (Å²) in [5, 5.41) is 3.28. The fourth-order valence-corrected chi connectivity index (χ4v) is 2.41. The van der Waals surface area contributed by atoms with Gasteiger partial charge in [-0.2, -0.15) is 0 Å². The van der Waals surface area contributed by atoms with Crippen LogP contribution in [-0.2, 0) is 4.74 Å². The van der Waals surface area contributed by atoms with E-state index in [1.165, 1.54) is 0 Å². The number of likely N-dealkylation sites (N-methyl/N-ethyl adjacent to an activating group) is 1. The lowest BCUT2D eigenvalue weighted by molar-refractivity contribution is -0.0484. The van der Waals surface area contributed by atoms with Crippen LogP contribution in [0.25, 0.3) is 0 Å². The maximum atomic E-state index is 5.76. The van der Waals surface area contributed by atoms with E-state index in [0.29, 0.717) is 5.88 Å². The number of nitrogens with zero attached hydrogens (tertiary/aromatic N) is 2. The molecule has 1 atom stereocenters. The van der Waals surface area contributed by atoms with Gasteiger partial charge in [0, 0.05) is 19.5 Å². The summed E-state index contributed by atoms with van der Waals surface area (Å²) in [4.78, 5) is 8.60. The van der Waals surface area contributed by atoms with Crippen molar-refractivity contribution in [2.75, 3.05) is 21.3 Å². The van der Waals surface area contributed by atoms with Crippen LogP contribution in [0.3, 0.4) is 0 Å². The third-order valence-electron chi connectivity index (χ3n) is 3.58. The maximum Gasteiger partial charge on any atom is 0.237 e. The summed E-state index contributed by atoms with van der Waals surface area (Å²) in [7, 11) is 5.24. The maximum absolute atomic E-state index is 5.76. The molecule has 0 saturated carbocycles. The van der Waals surface area contributed by atoms with Gasteiger partial charge >= 0.3 is 0 Å². The molecule has 1 aromatic heterocycles. The van der Waals surface area contributed by atoms with Crippen LogP contribution in [0.2, 0.25) is 0 Å². The molecule has 1 heterocycles. The number of methoxy groups -OCH3 is 2. The minimum absolute atomic E-state index is 0.0545. The quantitative estimate of drug-likeness (QED) is 0.805. The largest absolute Gasteiger partial charge is 0.480 e. The number of aromatic nitrogens is 2. The molecular formula is C13H23N3O2. The zero-order valence-electron chi connectivity index (χ0n) is 11.9. The highest BCUT2D eigenvalue weighted by atomic mass is 16.5. The van der Waals surface area contributed by atoms with Crippen molar-refractivity contribution in [3.8, 4) is 5.88 Å². The molecule has 102 valence electrons. The van der Waals surface area contributed by atoms with E-state index in [0.717, 1.165) is 18.5 Å². The molecule has 5 nitrogen and oxygen atoms in total. The first-order valence-electron chi connectivity index (χ1n) is 6.26. The van der Waals surface area contributed by atoms with Crippen molar-refractivity contribution in [2.45, 2.75) is 38.3 Å². The summed E-state index contributed by atoms with van der Waals surface area (Å²) in [6, 6.07) is -0.0545. The molecule has 5 heteroatoms. The lowest BCUT2D eigenvalue weighted by Crippen LogP contribution is -2.44. The van der Waals surface area contributed by atoms with E-state index in [2.05, 4.69) is 29.1 Å². The molecule has 1 aromatic rings. The molecule has 0 aliphatic rings. The Balaban J connectivity index is 3.23. The van der Waals surface area contributed by atoms with E-state index in [4.69, 9.17) is 9.47 Å². The second-order valence-electron chi connectivity index (χ2n) is 4.15. The lowest BCUT2D eigenvalue weighted by Gasteiger charge is -2.38. The molecule has 0 amide bonds. The monoisotopic (exact) mass is 253 g/mol. The van der Waals surface area contributed by atoms with Gasteiger partial charge in [0.1, 0.15) is 5.69 Å². The van der Waals surface area contributed by atoms with Gasteiger partial charge in [-0.15, -0.1) is 0 Å². The molecule has 1 rings (SSSR count). The molecule has 0 radical (unpaired) electrons. The Bertz CT molecular complexity index is 359. The van der Waals surface area contributed by atoms with Crippen molar-refractivity contribution < 1.29 is 9.47 Å².